The molecule has 0 amide bonds. The zero-order valence-electron chi connectivity index (χ0n) is 9.26. The molecule has 0 aromatic rings. The smallest absolute Gasteiger partial charge is 0.124 e. The molecular formula is C10H18N2O2S2. The predicted molar refractivity (Wildman–Crippen MR) is 67.0 cm³/mol. The summed E-state index contributed by atoms with van der Waals surface area (Å²) in [4.78, 5) is 2.51. The standard InChI is InChI=1S/C10H18N2O2S2/c13-16-4-1-8(6-16)12-7-15-5-9(12)10-11-2-3-14-10/h8-11H,1-7H2. The maximum Gasteiger partial charge on any atom is 0.124 e. The first-order valence-corrected chi connectivity index (χ1v) is 8.52. The molecule has 4 atom stereocenters. The third-order valence-corrected chi connectivity index (χ3v) is 6.08. The molecule has 6 heteroatoms. The number of nitrogens with one attached hydrogen (secondary N) is 1. The van der Waals surface area contributed by atoms with Gasteiger partial charge in [-0.05, 0) is 6.42 Å². The van der Waals surface area contributed by atoms with Crippen molar-refractivity contribution >= 4 is 22.6 Å². The van der Waals surface area contributed by atoms with Gasteiger partial charge in [-0.15, -0.1) is 11.8 Å². The number of rotatable bonds is 2. The van der Waals surface area contributed by atoms with E-state index in [4.69, 9.17) is 4.74 Å². The molecule has 92 valence electrons. The molecule has 3 heterocycles. The molecule has 3 aliphatic heterocycles. The molecule has 0 radical (unpaired) electrons. The van der Waals surface area contributed by atoms with E-state index in [1.54, 1.807) is 0 Å². The summed E-state index contributed by atoms with van der Waals surface area (Å²) in [6.07, 6.45) is 1.29. The molecule has 0 aliphatic carbocycles. The first kappa shape index (κ1) is 11.5. The zero-order chi connectivity index (χ0) is 11.0. The topological polar surface area (TPSA) is 41.6 Å². The van der Waals surface area contributed by atoms with Crippen LogP contribution in [0.1, 0.15) is 6.42 Å². The van der Waals surface area contributed by atoms with Gasteiger partial charge >= 0.3 is 0 Å². The van der Waals surface area contributed by atoms with Gasteiger partial charge in [0.2, 0.25) is 0 Å². The summed E-state index contributed by atoms with van der Waals surface area (Å²) in [6, 6.07) is 0.999. The van der Waals surface area contributed by atoms with E-state index in [9.17, 15) is 4.21 Å². The lowest BCUT2D eigenvalue weighted by molar-refractivity contribution is 0.0241. The maximum atomic E-state index is 11.5. The summed E-state index contributed by atoms with van der Waals surface area (Å²) in [7, 11) is -0.578. The fourth-order valence-corrected chi connectivity index (χ4v) is 5.53. The molecule has 3 aliphatic rings. The Balaban J connectivity index is 1.66. The summed E-state index contributed by atoms with van der Waals surface area (Å²) >= 11 is 1.97. The van der Waals surface area contributed by atoms with Gasteiger partial charge in [0, 0.05) is 46.5 Å². The van der Waals surface area contributed by atoms with E-state index in [1.807, 2.05) is 11.8 Å². The highest BCUT2D eigenvalue weighted by Gasteiger charge is 2.40. The van der Waals surface area contributed by atoms with Crippen molar-refractivity contribution in [1.82, 2.24) is 10.2 Å². The van der Waals surface area contributed by atoms with Crippen molar-refractivity contribution in [3.05, 3.63) is 0 Å². The predicted octanol–water partition coefficient (Wildman–Crippen LogP) is -0.172. The van der Waals surface area contributed by atoms with E-state index in [1.165, 1.54) is 0 Å². The summed E-state index contributed by atoms with van der Waals surface area (Å²) < 4.78 is 17.2. The third kappa shape index (κ3) is 2.18. The summed E-state index contributed by atoms with van der Waals surface area (Å²) in [5.74, 6) is 3.97. The summed E-state index contributed by atoms with van der Waals surface area (Å²) in [5.41, 5.74) is 0. The fraction of sp³-hybridized carbons (Fsp3) is 1.00. The van der Waals surface area contributed by atoms with Crippen molar-refractivity contribution < 1.29 is 8.95 Å². The van der Waals surface area contributed by atoms with Crippen LogP contribution in [-0.2, 0) is 15.5 Å². The van der Waals surface area contributed by atoms with Crippen molar-refractivity contribution in [2.24, 2.45) is 0 Å². The van der Waals surface area contributed by atoms with Gasteiger partial charge in [0.05, 0.1) is 12.6 Å². The van der Waals surface area contributed by atoms with Gasteiger partial charge in [-0.3, -0.25) is 14.4 Å². The number of ether oxygens (including phenoxy) is 1. The Kier molecular flexibility index (Phi) is 3.54. The van der Waals surface area contributed by atoms with E-state index in [0.717, 1.165) is 42.7 Å². The molecule has 4 unspecified atom stereocenters. The van der Waals surface area contributed by atoms with Crippen LogP contribution < -0.4 is 5.32 Å². The number of thioether (sulfide) groups is 1. The Bertz CT molecular complexity index is 284. The van der Waals surface area contributed by atoms with Crippen LogP contribution in [0.25, 0.3) is 0 Å². The Morgan fingerprint density at radius 1 is 1.50 bits per heavy atom. The average molecular weight is 262 g/mol. The van der Waals surface area contributed by atoms with Crippen molar-refractivity contribution in [2.75, 3.05) is 36.3 Å². The molecule has 0 saturated carbocycles. The normalized spacial score (nSPS) is 45.5. The minimum Gasteiger partial charge on any atom is -0.360 e. The van der Waals surface area contributed by atoms with Gasteiger partial charge < -0.3 is 4.74 Å². The van der Waals surface area contributed by atoms with Gasteiger partial charge in [0.25, 0.3) is 0 Å². The summed E-state index contributed by atoms with van der Waals surface area (Å²) in [5, 5.41) is 3.41. The molecule has 0 aromatic heterocycles. The molecule has 0 aromatic carbocycles. The first-order chi connectivity index (χ1) is 7.84. The Morgan fingerprint density at radius 3 is 3.12 bits per heavy atom. The second-order valence-corrected chi connectivity index (χ2v) is 7.20. The highest BCUT2D eigenvalue weighted by molar-refractivity contribution is 7.99. The van der Waals surface area contributed by atoms with Crippen LogP contribution in [-0.4, -0.2) is 63.7 Å². The largest absolute Gasteiger partial charge is 0.360 e. The van der Waals surface area contributed by atoms with Crippen LogP contribution in [0.4, 0.5) is 0 Å². The Morgan fingerprint density at radius 2 is 2.44 bits per heavy atom. The van der Waals surface area contributed by atoms with Crippen LogP contribution in [0.2, 0.25) is 0 Å². The molecule has 16 heavy (non-hydrogen) atoms. The van der Waals surface area contributed by atoms with Crippen LogP contribution >= 0.6 is 11.8 Å². The Labute approximate surface area is 103 Å². The second-order valence-electron chi connectivity index (χ2n) is 4.58. The highest BCUT2D eigenvalue weighted by Crippen LogP contribution is 2.30. The quantitative estimate of drug-likeness (QED) is 0.748. The molecule has 4 nitrogen and oxygen atoms in total. The SMILES string of the molecule is O=S1CCC(N2CSCC2C2NCCO2)C1. The molecule has 3 fully saturated rings. The lowest BCUT2D eigenvalue weighted by atomic mass is 10.1. The van der Waals surface area contributed by atoms with Crippen LogP contribution in [0, 0.1) is 0 Å². The van der Waals surface area contributed by atoms with Crippen LogP contribution in [0.15, 0.2) is 0 Å². The molecule has 1 N–H and O–H groups in total. The van der Waals surface area contributed by atoms with Crippen molar-refractivity contribution in [1.29, 1.82) is 0 Å². The van der Waals surface area contributed by atoms with Crippen molar-refractivity contribution in [3.8, 4) is 0 Å². The number of hydrogen-bond acceptors (Lipinski definition) is 5. The molecular weight excluding hydrogens is 244 g/mol. The minimum atomic E-state index is -0.578. The molecule has 3 saturated heterocycles. The molecule has 0 spiro atoms. The Hall–Kier alpha value is 0.380. The van der Waals surface area contributed by atoms with E-state index in [0.29, 0.717) is 12.1 Å². The second kappa shape index (κ2) is 4.94. The van der Waals surface area contributed by atoms with Gasteiger partial charge in [-0.2, -0.15) is 0 Å². The van der Waals surface area contributed by atoms with Crippen LogP contribution in [0.3, 0.4) is 0 Å². The number of hydrogen-bond donors (Lipinski definition) is 1. The van der Waals surface area contributed by atoms with E-state index >= 15 is 0 Å². The lowest BCUT2D eigenvalue weighted by Crippen LogP contribution is -2.50. The number of nitrogens with zero attached hydrogens (tertiary/aromatic N) is 1. The van der Waals surface area contributed by atoms with Crippen molar-refractivity contribution in [2.45, 2.75) is 24.7 Å². The first-order valence-electron chi connectivity index (χ1n) is 5.88. The van der Waals surface area contributed by atoms with E-state index in [2.05, 4.69) is 10.2 Å². The van der Waals surface area contributed by atoms with Crippen molar-refractivity contribution in [3.63, 3.8) is 0 Å². The van der Waals surface area contributed by atoms with Gasteiger partial charge in [-0.1, -0.05) is 0 Å². The zero-order valence-corrected chi connectivity index (χ0v) is 10.9. The molecule has 0 bridgehead atoms. The average Bonchev–Trinajstić information content (AvgIpc) is 2.96. The monoisotopic (exact) mass is 262 g/mol. The highest BCUT2D eigenvalue weighted by atomic mass is 32.2. The van der Waals surface area contributed by atoms with Crippen LogP contribution in [0.5, 0.6) is 0 Å². The third-order valence-electron chi connectivity index (χ3n) is 3.58. The van der Waals surface area contributed by atoms with E-state index < -0.39 is 10.8 Å². The maximum absolute atomic E-state index is 11.5. The molecule has 3 rings (SSSR count). The van der Waals surface area contributed by atoms with Gasteiger partial charge in [-0.25, -0.2) is 0 Å². The fourth-order valence-electron chi connectivity index (χ4n) is 2.71. The van der Waals surface area contributed by atoms with Gasteiger partial charge in [0.1, 0.15) is 6.23 Å². The summed E-state index contributed by atoms with van der Waals surface area (Å²) in [6.45, 7) is 1.80. The van der Waals surface area contributed by atoms with Gasteiger partial charge in [0.15, 0.2) is 0 Å². The minimum absolute atomic E-state index is 0.198. The lowest BCUT2D eigenvalue weighted by Gasteiger charge is -2.32. The van der Waals surface area contributed by atoms with E-state index in [-0.39, 0.29) is 6.23 Å².